The quantitative estimate of drug-likeness (QED) is 0.618. The number of hydrogen-bond acceptors (Lipinski definition) is 4. The molecule has 0 saturated heterocycles. The number of rotatable bonds is 5. The number of nitro benzene ring substituents is 1. The van der Waals surface area contributed by atoms with Crippen LogP contribution in [-0.4, -0.2) is 24.1 Å². The molecule has 5 nitrogen and oxygen atoms in total. The maximum Gasteiger partial charge on any atom is 0.313 e. The number of ether oxygens (including phenoxy) is 1. The van der Waals surface area contributed by atoms with E-state index in [0.717, 1.165) is 12.8 Å². The molecule has 3 unspecified atom stereocenters. The molecule has 1 aliphatic carbocycles. The van der Waals surface area contributed by atoms with Crippen molar-refractivity contribution in [2.75, 3.05) is 7.05 Å². The Hall–Kier alpha value is -0.850. The summed E-state index contributed by atoms with van der Waals surface area (Å²) in [5.41, 5.74) is -0.150. The van der Waals surface area contributed by atoms with Crippen LogP contribution < -0.4 is 10.1 Å². The number of halogens is 2. The Morgan fingerprint density at radius 3 is 2.81 bits per heavy atom. The monoisotopic (exact) mass is 376 g/mol. The van der Waals surface area contributed by atoms with Crippen molar-refractivity contribution in [3.8, 4) is 5.75 Å². The molecule has 1 N–H and O–H groups in total. The van der Waals surface area contributed by atoms with Crippen LogP contribution in [0.5, 0.6) is 5.75 Å². The van der Waals surface area contributed by atoms with Crippen molar-refractivity contribution >= 4 is 33.2 Å². The zero-order valence-corrected chi connectivity index (χ0v) is 14.5. The summed E-state index contributed by atoms with van der Waals surface area (Å²) in [7, 11) is 1.93. The Bertz CT molecular complexity index is 569. The second-order valence-electron chi connectivity index (χ2n) is 5.54. The van der Waals surface area contributed by atoms with E-state index in [9.17, 15) is 10.1 Å². The lowest BCUT2D eigenvalue weighted by Crippen LogP contribution is -2.62. The molecule has 2 rings (SSSR count). The molecule has 1 aromatic rings. The molecule has 0 aliphatic heterocycles. The van der Waals surface area contributed by atoms with Gasteiger partial charge in [0, 0.05) is 29.0 Å². The second kappa shape index (κ2) is 6.10. The largest absolute Gasteiger partial charge is 0.482 e. The summed E-state index contributed by atoms with van der Waals surface area (Å²) in [5.74, 6) is 0.253. The minimum absolute atomic E-state index is 0.0400. The summed E-state index contributed by atoms with van der Waals surface area (Å²) in [4.78, 5) is 10.7. The Morgan fingerprint density at radius 1 is 1.62 bits per heavy atom. The third-order valence-corrected chi connectivity index (χ3v) is 5.34. The van der Waals surface area contributed by atoms with Crippen LogP contribution in [0, 0.1) is 15.5 Å². The third-order valence-electron chi connectivity index (χ3n) is 4.54. The van der Waals surface area contributed by atoms with Crippen LogP contribution >= 0.6 is 27.5 Å². The Kier molecular flexibility index (Phi) is 4.80. The maximum absolute atomic E-state index is 11.2. The highest BCUT2D eigenvalue weighted by Crippen LogP contribution is 2.48. The standard InChI is InChI=1S/C14H18BrClN2O3/c1-4-14(2)11(17-3)7-12(14)21-13-9(15)5-8(16)6-10(13)18(19)20/h5-6,11-12,17H,4,7H2,1-3H3. The molecule has 21 heavy (non-hydrogen) atoms. The molecule has 7 heteroatoms. The molecule has 3 atom stereocenters. The summed E-state index contributed by atoms with van der Waals surface area (Å²) in [6.45, 7) is 4.24. The molecule has 0 radical (unpaired) electrons. The van der Waals surface area contributed by atoms with E-state index in [-0.39, 0.29) is 23.0 Å². The van der Waals surface area contributed by atoms with Crippen molar-refractivity contribution in [3.05, 3.63) is 31.7 Å². The van der Waals surface area contributed by atoms with E-state index in [1.807, 2.05) is 7.05 Å². The predicted molar refractivity (Wildman–Crippen MR) is 86.1 cm³/mol. The Balaban J connectivity index is 2.31. The van der Waals surface area contributed by atoms with Gasteiger partial charge in [-0.15, -0.1) is 0 Å². The first-order valence-electron chi connectivity index (χ1n) is 6.80. The minimum Gasteiger partial charge on any atom is -0.482 e. The molecule has 1 saturated carbocycles. The maximum atomic E-state index is 11.2. The molecule has 0 heterocycles. The Morgan fingerprint density at radius 2 is 2.29 bits per heavy atom. The van der Waals surface area contributed by atoms with Gasteiger partial charge in [-0.2, -0.15) is 0 Å². The highest BCUT2D eigenvalue weighted by molar-refractivity contribution is 9.10. The molecule has 116 valence electrons. The molecule has 0 bridgehead atoms. The van der Waals surface area contributed by atoms with Crippen LogP contribution in [0.3, 0.4) is 0 Å². The SMILES string of the molecule is CCC1(C)C(NC)CC1Oc1c(Br)cc(Cl)cc1[N+](=O)[O-]. The lowest BCUT2D eigenvalue weighted by Gasteiger charge is -2.53. The van der Waals surface area contributed by atoms with Crippen molar-refractivity contribution < 1.29 is 9.66 Å². The summed E-state index contributed by atoms with van der Waals surface area (Å²) in [5, 5.41) is 14.8. The van der Waals surface area contributed by atoms with Gasteiger partial charge in [-0.3, -0.25) is 10.1 Å². The van der Waals surface area contributed by atoms with Gasteiger partial charge in [0.1, 0.15) is 6.10 Å². The number of benzene rings is 1. The van der Waals surface area contributed by atoms with E-state index in [1.54, 1.807) is 6.07 Å². The summed E-state index contributed by atoms with van der Waals surface area (Å²) in [6, 6.07) is 3.29. The lowest BCUT2D eigenvalue weighted by atomic mass is 9.61. The van der Waals surface area contributed by atoms with Crippen LogP contribution in [0.1, 0.15) is 26.7 Å². The van der Waals surface area contributed by atoms with Gasteiger partial charge in [0.15, 0.2) is 0 Å². The average molecular weight is 378 g/mol. The average Bonchev–Trinajstić information content (AvgIpc) is 2.42. The highest BCUT2D eigenvalue weighted by Gasteiger charge is 2.52. The first-order chi connectivity index (χ1) is 9.83. The zero-order chi connectivity index (χ0) is 15.8. The fraction of sp³-hybridized carbons (Fsp3) is 0.571. The van der Waals surface area contributed by atoms with Gasteiger partial charge < -0.3 is 10.1 Å². The number of hydrogen-bond donors (Lipinski definition) is 1. The van der Waals surface area contributed by atoms with Gasteiger partial charge in [-0.05, 0) is 35.5 Å². The fourth-order valence-electron chi connectivity index (χ4n) is 2.86. The van der Waals surface area contributed by atoms with Crippen molar-refractivity contribution in [1.29, 1.82) is 0 Å². The molecular formula is C14H18BrClN2O3. The van der Waals surface area contributed by atoms with Gasteiger partial charge in [0.05, 0.1) is 9.40 Å². The molecular weight excluding hydrogens is 360 g/mol. The molecule has 0 amide bonds. The first-order valence-corrected chi connectivity index (χ1v) is 7.98. The van der Waals surface area contributed by atoms with E-state index >= 15 is 0 Å². The van der Waals surface area contributed by atoms with Gasteiger partial charge in [-0.25, -0.2) is 0 Å². The van der Waals surface area contributed by atoms with Crippen molar-refractivity contribution in [1.82, 2.24) is 5.32 Å². The lowest BCUT2D eigenvalue weighted by molar-refractivity contribution is -0.386. The third kappa shape index (κ3) is 2.89. The molecule has 1 fully saturated rings. The van der Waals surface area contributed by atoms with E-state index in [0.29, 0.717) is 15.5 Å². The second-order valence-corrected chi connectivity index (χ2v) is 6.83. The summed E-state index contributed by atoms with van der Waals surface area (Å²) < 4.78 is 6.49. The van der Waals surface area contributed by atoms with Crippen molar-refractivity contribution in [2.45, 2.75) is 38.8 Å². The van der Waals surface area contributed by atoms with Gasteiger partial charge in [0.25, 0.3) is 0 Å². The van der Waals surface area contributed by atoms with Crippen molar-refractivity contribution in [2.24, 2.45) is 5.41 Å². The van der Waals surface area contributed by atoms with Crippen molar-refractivity contribution in [3.63, 3.8) is 0 Å². The van der Waals surface area contributed by atoms with E-state index in [2.05, 4.69) is 35.1 Å². The summed E-state index contributed by atoms with van der Waals surface area (Å²) >= 11 is 9.19. The van der Waals surface area contributed by atoms with Crippen LogP contribution in [0.25, 0.3) is 0 Å². The van der Waals surface area contributed by atoms with Gasteiger partial charge in [-0.1, -0.05) is 25.4 Å². The van der Waals surface area contributed by atoms with E-state index in [4.69, 9.17) is 16.3 Å². The molecule has 0 aromatic heterocycles. The Labute approximate surface area is 137 Å². The highest BCUT2D eigenvalue weighted by atomic mass is 79.9. The first kappa shape index (κ1) is 16.5. The number of nitrogens with one attached hydrogen (secondary N) is 1. The predicted octanol–water partition coefficient (Wildman–Crippen LogP) is 4.17. The number of nitro groups is 1. The van der Waals surface area contributed by atoms with Crippen LogP contribution in [0.15, 0.2) is 16.6 Å². The summed E-state index contributed by atoms with van der Waals surface area (Å²) in [6.07, 6.45) is 1.70. The topological polar surface area (TPSA) is 64.4 Å². The fourth-order valence-corrected chi connectivity index (χ4v) is 3.75. The minimum atomic E-state index is -0.469. The number of nitrogens with zero attached hydrogens (tertiary/aromatic N) is 1. The van der Waals surface area contributed by atoms with Crippen LogP contribution in [-0.2, 0) is 0 Å². The van der Waals surface area contributed by atoms with Gasteiger partial charge in [0.2, 0.25) is 5.75 Å². The van der Waals surface area contributed by atoms with E-state index in [1.165, 1.54) is 6.07 Å². The molecule has 1 aromatic carbocycles. The normalized spacial score (nSPS) is 28.0. The van der Waals surface area contributed by atoms with Crippen LogP contribution in [0.2, 0.25) is 5.02 Å². The van der Waals surface area contributed by atoms with Gasteiger partial charge >= 0.3 is 5.69 Å². The van der Waals surface area contributed by atoms with E-state index < -0.39 is 4.92 Å². The zero-order valence-electron chi connectivity index (χ0n) is 12.2. The molecule has 0 spiro atoms. The van der Waals surface area contributed by atoms with Crippen LogP contribution in [0.4, 0.5) is 5.69 Å². The molecule has 1 aliphatic rings. The smallest absolute Gasteiger partial charge is 0.313 e.